The fraction of sp³-hybridized carbons (Fsp3) is 1.00. The van der Waals surface area contributed by atoms with Crippen molar-refractivity contribution in [1.82, 2.24) is 4.90 Å². The minimum atomic E-state index is -0.494. The highest BCUT2D eigenvalue weighted by molar-refractivity contribution is 4.79. The largest absolute Gasteiger partial charge is 0.389 e. The maximum absolute atomic E-state index is 10.3. The molecule has 0 spiro atoms. The third-order valence-corrected chi connectivity index (χ3v) is 4.89. The maximum atomic E-state index is 10.3. The van der Waals surface area contributed by atoms with Crippen LogP contribution in [0.25, 0.3) is 0 Å². The Kier molecular flexibility index (Phi) is 13.6. The summed E-state index contributed by atoms with van der Waals surface area (Å²) in [6, 6.07) is 0.462. The highest BCUT2D eigenvalue weighted by atomic mass is 16.5. The van der Waals surface area contributed by atoms with Crippen LogP contribution in [0.4, 0.5) is 0 Å². The van der Waals surface area contributed by atoms with E-state index in [0.29, 0.717) is 45.6 Å². The quantitative estimate of drug-likeness (QED) is 0.440. The van der Waals surface area contributed by atoms with E-state index in [4.69, 9.17) is 9.47 Å². The lowest BCUT2D eigenvalue weighted by atomic mass is 9.93. The highest BCUT2D eigenvalue weighted by Gasteiger charge is 2.25. The first kappa shape index (κ1) is 22.8. The predicted octanol–water partition coefficient (Wildman–Crippen LogP) is 2.98. The Morgan fingerprint density at radius 1 is 0.840 bits per heavy atom. The van der Waals surface area contributed by atoms with Crippen molar-refractivity contribution >= 4 is 0 Å². The smallest absolute Gasteiger partial charge is 0.0900 e. The van der Waals surface area contributed by atoms with Gasteiger partial charge in [-0.25, -0.2) is 0 Å². The predicted molar refractivity (Wildman–Crippen MR) is 102 cm³/mol. The van der Waals surface area contributed by atoms with Crippen LogP contribution in [0.2, 0.25) is 0 Å². The molecule has 5 nitrogen and oxygen atoms in total. The molecule has 0 aromatic rings. The minimum Gasteiger partial charge on any atom is -0.389 e. The molecule has 2 unspecified atom stereocenters. The summed E-state index contributed by atoms with van der Waals surface area (Å²) in [5.41, 5.74) is 0. The van der Waals surface area contributed by atoms with Crippen LogP contribution in [0, 0.1) is 0 Å². The lowest BCUT2D eigenvalue weighted by molar-refractivity contribution is -0.0259. The molecule has 0 amide bonds. The summed E-state index contributed by atoms with van der Waals surface area (Å²) in [5.74, 6) is 0. The van der Waals surface area contributed by atoms with E-state index in [2.05, 4.69) is 18.7 Å². The SMILES string of the molecule is CCCCOCC(O)CN(CC(O)COCCCC)C1CCCCC1. The number of hydrogen-bond donors (Lipinski definition) is 2. The van der Waals surface area contributed by atoms with Crippen LogP contribution in [-0.2, 0) is 9.47 Å². The first-order valence-corrected chi connectivity index (χ1v) is 10.4. The molecular formula is C20H41NO4. The van der Waals surface area contributed by atoms with Gasteiger partial charge in [0, 0.05) is 32.3 Å². The molecule has 25 heavy (non-hydrogen) atoms. The number of nitrogens with zero attached hydrogens (tertiary/aromatic N) is 1. The summed E-state index contributed by atoms with van der Waals surface area (Å²) < 4.78 is 11.1. The lowest BCUT2D eigenvalue weighted by Gasteiger charge is -2.36. The van der Waals surface area contributed by atoms with Crippen LogP contribution in [0.3, 0.4) is 0 Å². The lowest BCUT2D eigenvalue weighted by Crippen LogP contribution is -2.47. The normalized spacial score (nSPS) is 18.6. The summed E-state index contributed by atoms with van der Waals surface area (Å²) >= 11 is 0. The Labute approximate surface area is 154 Å². The van der Waals surface area contributed by atoms with Gasteiger partial charge in [0.15, 0.2) is 0 Å². The molecule has 5 heteroatoms. The second-order valence-electron chi connectivity index (χ2n) is 7.41. The van der Waals surface area contributed by atoms with Crippen LogP contribution in [0.5, 0.6) is 0 Å². The van der Waals surface area contributed by atoms with Gasteiger partial charge in [0.25, 0.3) is 0 Å². The second kappa shape index (κ2) is 14.9. The molecule has 1 saturated carbocycles. The van der Waals surface area contributed by atoms with E-state index >= 15 is 0 Å². The molecule has 0 aliphatic heterocycles. The van der Waals surface area contributed by atoms with Crippen molar-refractivity contribution in [2.45, 2.75) is 89.9 Å². The average Bonchev–Trinajstić information content (AvgIpc) is 2.62. The van der Waals surface area contributed by atoms with Crippen LogP contribution in [-0.4, -0.2) is 72.9 Å². The molecule has 0 aromatic heterocycles. The van der Waals surface area contributed by atoms with Crippen LogP contribution in [0.1, 0.15) is 71.6 Å². The summed E-state index contributed by atoms with van der Waals surface area (Å²) in [4.78, 5) is 2.26. The van der Waals surface area contributed by atoms with Crippen LogP contribution < -0.4 is 0 Å². The van der Waals surface area contributed by atoms with E-state index in [1.807, 2.05) is 0 Å². The molecule has 2 atom stereocenters. The summed E-state index contributed by atoms with van der Waals surface area (Å²) in [7, 11) is 0. The van der Waals surface area contributed by atoms with E-state index in [1.165, 1.54) is 19.3 Å². The topological polar surface area (TPSA) is 62.2 Å². The van der Waals surface area contributed by atoms with Crippen LogP contribution in [0.15, 0.2) is 0 Å². The van der Waals surface area contributed by atoms with E-state index in [0.717, 1.165) is 38.5 Å². The summed E-state index contributed by atoms with van der Waals surface area (Å²) in [5, 5.41) is 20.7. The zero-order valence-electron chi connectivity index (χ0n) is 16.5. The van der Waals surface area contributed by atoms with Gasteiger partial charge in [0.2, 0.25) is 0 Å². The Bertz CT molecular complexity index is 277. The van der Waals surface area contributed by atoms with Gasteiger partial charge in [-0.1, -0.05) is 46.0 Å². The molecule has 0 radical (unpaired) electrons. The molecule has 1 aliphatic carbocycles. The van der Waals surface area contributed by atoms with Gasteiger partial charge >= 0.3 is 0 Å². The molecule has 0 saturated heterocycles. The number of hydrogen-bond acceptors (Lipinski definition) is 5. The van der Waals surface area contributed by atoms with Crippen molar-refractivity contribution < 1.29 is 19.7 Å². The zero-order chi connectivity index (χ0) is 18.3. The number of rotatable bonds is 15. The molecule has 1 rings (SSSR count). The number of ether oxygens (including phenoxy) is 2. The molecule has 150 valence electrons. The van der Waals surface area contributed by atoms with Crippen molar-refractivity contribution in [2.75, 3.05) is 39.5 Å². The van der Waals surface area contributed by atoms with Crippen molar-refractivity contribution in [3.63, 3.8) is 0 Å². The second-order valence-corrected chi connectivity index (χ2v) is 7.41. The Morgan fingerprint density at radius 3 is 1.76 bits per heavy atom. The van der Waals surface area contributed by atoms with E-state index < -0.39 is 12.2 Å². The first-order chi connectivity index (χ1) is 12.2. The first-order valence-electron chi connectivity index (χ1n) is 10.4. The Balaban J connectivity index is 2.39. The maximum Gasteiger partial charge on any atom is 0.0900 e. The van der Waals surface area contributed by atoms with E-state index in [1.54, 1.807) is 0 Å². The van der Waals surface area contributed by atoms with Gasteiger partial charge in [-0.05, 0) is 25.7 Å². The fourth-order valence-corrected chi connectivity index (χ4v) is 3.40. The molecule has 1 fully saturated rings. The standard InChI is InChI=1S/C20H41NO4/c1-3-5-12-24-16-19(22)14-21(18-10-8-7-9-11-18)15-20(23)17-25-13-6-4-2/h18-20,22-23H,3-17H2,1-2H3. The van der Waals surface area contributed by atoms with E-state index in [9.17, 15) is 10.2 Å². The molecular weight excluding hydrogens is 318 g/mol. The van der Waals surface area contributed by atoms with Crippen molar-refractivity contribution in [2.24, 2.45) is 0 Å². The van der Waals surface area contributed by atoms with Gasteiger partial charge in [-0.2, -0.15) is 0 Å². The van der Waals surface area contributed by atoms with Gasteiger partial charge in [-0.3, -0.25) is 4.90 Å². The number of aliphatic hydroxyl groups excluding tert-OH is 2. The average molecular weight is 360 g/mol. The fourth-order valence-electron chi connectivity index (χ4n) is 3.40. The number of unbranched alkanes of at least 4 members (excludes halogenated alkanes) is 2. The third-order valence-electron chi connectivity index (χ3n) is 4.89. The van der Waals surface area contributed by atoms with Gasteiger partial charge in [0.1, 0.15) is 0 Å². The Hall–Kier alpha value is -0.200. The van der Waals surface area contributed by atoms with E-state index in [-0.39, 0.29) is 0 Å². The molecule has 0 heterocycles. The molecule has 0 bridgehead atoms. The number of aliphatic hydroxyl groups is 2. The third kappa shape index (κ3) is 11.2. The molecule has 0 aromatic carbocycles. The molecule has 2 N–H and O–H groups in total. The summed E-state index contributed by atoms with van der Waals surface area (Å²) in [6.45, 7) is 7.60. The van der Waals surface area contributed by atoms with Gasteiger partial charge in [-0.15, -0.1) is 0 Å². The highest BCUT2D eigenvalue weighted by Crippen LogP contribution is 2.23. The van der Waals surface area contributed by atoms with Gasteiger partial charge in [0.05, 0.1) is 25.4 Å². The Morgan fingerprint density at radius 2 is 1.32 bits per heavy atom. The van der Waals surface area contributed by atoms with Crippen molar-refractivity contribution in [3.05, 3.63) is 0 Å². The van der Waals surface area contributed by atoms with Gasteiger partial charge < -0.3 is 19.7 Å². The summed E-state index contributed by atoms with van der Waals surface area (Å²) in [6.07, 6.45) is 9.40. The minimum absolute atomic E-state index is 0.381. The zero-order valence-corrected chi connectivity index (χ0v) is 16.5. The molecule has 1 aliphatic rings. The van der Waals surface area contributed by atoms with Crippen molar-refractivity contribution in [1.29, 1.82) is 0 Å². The monoisotopic (exact) mass is 359 g/mol. The van der Waals surface area contributed by atoms with Crippen LogP contribution >= 0.6 is 0 Å². The van der Waals surface area contributed by atoms with Crippen molar-refractivity contribution in [3.8, 4) is 0 Å².